The topological polar surface area (TPSA) is 6.48 Å². The van der Waals surface area contributed by atoms with Crippen LogP contribution in [-0.2, 0) is 5.41 Å². The summed E-state index contributed by atoms with van der Waals surface area (Å²) < 4.78 is 0. The summed E-state index contributed by atoms with van der Waals surface area (Å²) >= 11 is 1.91. The van der Waals surface area contributed by atoms with Crippen molar-refractivity contribution in [3.05, 3.63) is 163 Å². The van der Waals surface area contributed by atoms with E-state index in [0.717, 1.165) is 0 Å². The van der Waals surface area contributed by atoms with Gasteiger partial charge in [0.05, 0.1) is 5.69 Å². The molecule has 242 valence electrons. The summed E-state index contributed by atoms with van der Waals surface area (Å²) in [5.41, 5.74) is 13.4. The number of para-hydroxylation sites is 4. The molecule has 0 spiro atoms. The molecule has 2 nitrogen and oxygen atoms in total. The molecule has 0 saturated carbocycles. The molecule has 4 aliphatic heterocycles. The van der Waals surface area contributed by atoms with Gasteiger partial charge < -0.3 is 9.71 Å². The van der Waals surface area contributed by atoms with Gasteiger partial charge in [0, 0.05) is 38.1 Å². The van der Waals surface area contributed by atoms with E-state index in [1.807, 2.05) is 11.8 Å². The summed E-state index contributed by atoms with van der Waals surface area (Å²) in [6.07, 6.45) is 0. The Bertz CT molecular complexity index is 2540. The summed E-state index contributed by atoms with van der Waals surface area (Å²) in [5.74, 6) is 0. The lowest BCUT2D eigenvalue weighted by Gasteiger charge is -2.52. The smallest absolute Gasteiger partial charge is 0.333 e. The van der Waals surface area contributed by atoms with Crippen molar-refractivity contribution >= 4 is 86.8 Å². The number of hydrogen-bond acceptors (Lipinski definition) is 3. The van der Waals surface area contributed by atoms with E-state index in [0.29, 0.717) is 0 Å². The molecule has 4 aliphatic rings. The van der Waals surface area contributed by atoms with Crippen LogP contribution in [0.2, 0.25) is 0 Å². The van der Waals surface area contributed by atoms with E-state index in [2.05, 4.69) is 188 Å². The predicted octanol–water partition coefficient (Wildman–Crippen LogP) is 7.85. The van der Waals surface area contributed by atoms with Crippen molar-refractivity contribution in [2.75, 3.05) is 9.71 Å². The van der Waals surface area contributed by atoms with Crippen molar-refractivity contribution in [3.8, 4) is 11.1 Å². The van der Waals surface area contributed by atoms with E-state index >= 15 is 0 Å². The lowest BCUT2D eigenvalue weighted by Crippen LogP contribution is -2.79. The third-order valence-corrected chi connectivity index (χ3v) is 17.6. The van der Waals surface area contributed by atoms with E-state index in [1.165, 1.54) is 86.6 Å². The molecule has 7 aromatic rings. The van der Waals surface area contributed by atoms with Crippen LogP contribution in [0, 0.1) is 0 Å². The molecular formula is C46H35BN2SSi. The Labute approximate surface area is 305 Å². The normalized spacial score (nSPS) is 15.3. The molecule has 0 fully saturated rings. The first kappa shape index (κ1) is 29.5. The van der Waals surface area contributed by atoms with Crippen molar-refractivity contribution in [1.29, 1.82) is 0 Å². The maximum atomic E-state index is 2.70. The number of fused-ring (bicyclic) bond motifs is 8. The third-order valence-electron chi connectivity index (χ3n) is 11.6. The lowest BCUT2D eigenvalue weighted by molar-refractivity contribution is 0.590. The number of benzene rings is 7. The quantitative estimate of drug-likeness (QED) is 0.171. The van der Waals surface area contributed by atoms with Crippen LogP contribution in [-0.4, -0.2) is 14.9 Å². The highest BCUT2D eigenvalue weighted by Gasteiger charge is 2.54. The van der Waals surface area contributed by atoms with Gasteiger partial charge in [-0.2, -0.15) is 0 Å². The van der Waals surface area contributed by atoms with Crippen LogP contribution in [0.1, 0.15) is 26.3 Å². The second kappa shape index (κ2) is 10.4. The van der Waals surface area contributed by atoms with Crippen LogP contribution >= 0.6 is 11.8 Å². The van der Waals surface area contributed by atoms with Crippen LogP contribution in [0.3, 0.4) is 0 Å². The summed E-state index contributed by atoms with van der Waals surface area (Å²) in [6.45, 7) is 7.09. The van der Waals surface area contributed by atoms with Gasteiger partial charge in [-0.3, -0.25) is 0 Å². The Morgan fingerprint density at radius 2 is 1.16 bits per heavy atom. The Balaban J connectivity index is 1.33. The molecule has 0 aromatic heterocycles. The van der Waals surface area contributed by atoms with E-state index in [4.69, 9.17) is 0 Å². The molecule has 0 radical (unpaired) electrons. The zero-order valence-electron chi connectivity index (χ0n) is 28.9. The van der Waals surface area contributed by atoms with Gasteiger partial charge in [0.15, 0.2) is 8.07 Å². The minimum atomic E-state index is -2.78. The molecule has 0 unspecified atom stereocenters. The maximum absolute atomic E-state index is 2.78. The Morgan fingerprint density at radius 3 is 1.90 bits per heavy atom. The van der Waals surface area contributed by atoms with Crippen LogP contribution in [0.4, 0.5) is 28.4 Å². The molecule has 0 N–H and O–H groups in total. The van der Waals surface area contributed by atoms with Crippen LogP contribution < -0.4 is 41.4 Å². The molecule has 0 bridgehead atoms. The van der Waals surface area contributed by atoms with Crippen molar-refractivity contribution in [2.45, 2.75) is 36.0 Å². The molecule has 0 atom stereocenters. The van der Waals surface area contributed by atoms with Gasteiger partial charge in [-0.1, -0.05) is 160 Å². The predicted molar refractivity (Wildman–Crippen MR) is 220 cm³/mol. The average molecular weight is 687 g/mol. The number of anilines is 5. The highest BCUT2D eigenvalue weighted by atomic mass is 32.2. The molecule has 0 amide bonds. The second-order valence-corrected chi connectivity index (χ2v) is 20.1. The molecule has 4 heterocycles. The Kier molecular flexibility index (Phi) is 6.02. The molecule has 11 rings (SSSR count). The van der Waals surface area contributed by atoms with Crippen LogP contribution in [0.25, 0.3) is 11.1 Å². The second-order valence-electron chi connectivity index (χ2n) is 15.3. The minimum absolute atomic E-state index is 0.0226. The fourth-order valence-electron chi connectivity index (χ4n) is 9.51. The maximum Gasteiger partial charge on any atom is 0.333 e. The first-order valence-electron chi connectivity index (χ1n) is 18.0. The van der Waals surface area contributed by atoms with Crippen LogP contribution in [0.15, 0.2) is 168 Å². The SMILES string of the molecule is CC(C)(C)c1cc2c3c(c1)N1c4ccccc4[Si](c4ccccc4)(c4ccccc4)c4cccc(c41)B3N1c3ccccc3Sc3cccc-2c31. The Morgan fingerprint density at radius 1 is 0.529 bits per heavy atom. The van der Waals surface area contributed by atoms with E-state index in [-0.39, 0.29) is 12.3 Å². The van der Waals surface area contributed by atoms with Gasteiger partial charge in [-0.15, -0.1) is 0 Å². The van der Waals surface area contributed by atoms with Crippen molar-refractivity contribution < 1.29 is 0 Å². The minimum Gasteiger partial charge on any atom is -0.374 e. The standard InChI is InChI=1S/C46H35BN2SSi/c1-46(2,3)30-28-34-33-20-14-25-40-44(33)49(36-22-10-12-24-39(36)50-40)47-35-21-15-27-42-45(35)48(38(29-30)43(34)47)37-23-11-13-26-41(37)51(42,31-16-6-4-7-17-31)32-18-8-5-9-19-32/h4-29H,1-3H3. The number of rotatable bonds is 2. The summed E-state index contributed by atoms with van der Waals surface area (Å²) in [4.78, 5) is 8.00. The fraction of sp³-hybridized carbons (Fsp3) is 0.0870. The molecule has 0 aliphatic carbocycles. The zero-order valence-corrected chi connectivity index (χ0v) is 30.7. The molecule has 7 aromatic carbocycles. The number of nitrogens with zero attached hydrogens (tertiary/aromatic N) is 2. The highest BCUT2D eigenvalue weighted by Crippen LogP contribution is 2.56. The van der Waals surface area contributed by atoms with Gasteiger partial charge >= 0.3 is 6.85 Å². The van der Waals surface area contributed by atoms with E-state index in [1.54, 1.807) is 0 Å². The van der Waals surface area contributed by atoms with E-state index in [9.17, 15) is 0 Å². The largest absolute Gasteiger partial charge is 0.374 e. The first-order chi connectivity index (χ1) is 25.0. The fourth-order valence-corrected chi connectivity index (χ4v) is 15.8. The van der Waals surface area contributed by atoms with Gasteiger partial charge in [0.2, 0.25) is 0 Å². The van der Waals surface area contributed by atoms with Gasteiger partial charge in [0.25, 0.3) is 0 Å². The van der Waals surface area contributed by atoms with Crippen molar-refractivity contribution in [1.82, 2.24) is 0 Å². The summed E-state index contributed by atoms with van der Waals surface area (Å²) in [7, 11) is -2.78. The molecule has 51 heavy (non-hydrogen) atoms. The monoisotopic (exact) mass is 686 g/mol. The first-order valence-corrected chi connectivity index (χ1v) is 20.8. The molecule has 0 saturated heterocycles. The lowest BCUT2D eigenvalue weighted by atomic mass is 9.43. The third kappa shape index (κ3) is 3.80. The van der Waals surface area contributed by atoms with Gasteiger partial charge in [-0.05, 0) is 78.5 Å². The van der Waals surface area contributed by atoms with Crippen molar-refractivity contribution in [3.63, 3.8) is 0 Å². The highest BCUT2D eigenvalue weighted by molar-refractivity contribution is 7.99. The Hall–Kier alpha value is -5.23. The molecular weight excluding hydrogens is 651 g/mol. The number of hydrogen-bond donors (Lipinski definition) is 0. The van der Waals surface area contributed by atoms with Crippen LogP contribution in [0.5, 0.6) is 0 Å². The zero-order chi connectivity index (χ0) is 34.1. The van der Waals surface area contributed by atoms with Gasteiger partial charge in [0.1, 0.15) is 0 Å². The van der Waals surface area contributed by atoms with Crippen molar-refractivity contribution in [2.24, 2.45) is 0 Å². The summed E-state index contributed by atoms with van der Waals surface area (Å²) in [6, 6.07) is 60.4. The molecule has 5 heteroatoms. The van der Waals surface area contributed by atoms with E-state index < -0.39 is 8.07 Å². The average Bonchev–Trinajstić information content (AvgIpc) is 3.17. The van der Waals surface area contributed by atoms with Gasteiger partial charge in [-0.25, -0.2) is 0 Å². The summed E-state index contributed by atoms with van der Waals surface area (Å²) in [5, 5.41) is 5.74.